The number of nitrogens with zero attached hydrogens (tertiary/aromatic N) is 1. The van der Waals surface area contributed by atoms with Gasteiger partial charge in [-0.2, -0.15) is 5.10 Å². The molecule has 2 aliphatic rings. The highest BCUT2D eigenvalue weighted by Crippen LogP contribution is 2.48. The molecule has 112 valence electrons. The van der Waals surface area contributed by atoms with E-state index in [0.29, 0.717) is 21.5 Å². The highest BCUT2D eigenvalue weighted by atomic mass is 35.5. The first-order valence-electron chi connectivity index (χ1n) is 7.34. The van der Waals surface area contributed by atoms with E-state index in [1.165, 1.54) is 25.7 Å². The second-order valence-corrected chi connectivity index (χ2v) is 6.92. The normalized spacial score (nSPS) is 28.0. The van der Waals surface area contributed by atoms with E-state index in [0.717, 1.165) is 17.5 Å². The monoisotopic (exact) mass is 324 g/mol. The number of carbonyl (C=O) groups is 1. The molecular weight excluding hydrogens is 307 g/mol. The molecule has 1 N–H and O–H groups in total. The minimum atomic E-state index is -0.254. The van der Waals surface area contributed by atoms with Crippen molar-refractivity contribution in [3.8, 4) is 0 Å². The minimum absolute atomic E-state index is 0.254. The number of rotatable bonds is 3. The Kier molecular flexibility index (Phi) is 4.23. The number of hydrazone groups is 1. The van der Waals surface area contributed by atoms with Crippen LogP contribution in [0, 0.1) is 17.8 Å². The van der Waals surface area contributed by atoms with Crippen LogP contribution >= 0.6 is 23.2 Å². The number of halogens is 2. The van der Waals surface area contributed by atoms with E-state index in [-0.39, 0.29) is 5.91 Å². The zero-order valence-electron chi connectivity index (χ0n) is 11.9. The molecule has 2 aliphatic carbocycles. The summed E-state index contributed by atoms with van der Waals surface area (Å²) in [6.45, 7) is 2.01. The molecule has 5 heteroatoms. The molecule has 1 amide bonds. The number of benzene rings is 1. The molecule has 2 fully saturated rings. The zero-order valence-corrected chi connectivity index (χ0v) is 13.4. The first-order valence-corrected chi connectivity index (χ1v) is 8.09. The third kappa shape index (κ3) is 3.09. The molecule has 0 spiro atoms. The molecule has 2 saturated carbocycles. The lowest BCUT2D eigenvalue weighted by atomic mass is 9.86. The summed E-state index contributed by atoms with van der Waals surface area (Å²) in [5.41, 5.74) is 4.13. The first-order chi connectivity index (χ1) is 10.0. The average Bonchev–Trinajstić information content (AvgIpc) is 3.10. The summed E-state index contributed by atoms with van der Waals surface area (Å²) in [5, 5.41) is 5.11. The molecule has 2 bridgehead atoms. The third-order valence-corrected chi connectivity index (χ3v) is 5.53. The summed E-state index contributed by atoms with van der Waals surface area (Å²) >= 11 is 11.8. The van der Waals surface area contributed by atoms with Gasteiger partial charge in [-0.1, -0.05) is 29.6 Å². The van der Waals surface area contributed by atoms with Gasteiger partial charge in [-0.3, -0.25) is 4.79 Å². The van der Waals surface area contributed by atoms with Crippen LogP contribution in [0.4, 0.5) is 0 Å². The highest BCUT2D eigenvalue weighted by molar-refractivity contribution is 6.42. The summed E-state index contributed by atoms with van der Waals surface area (Å²) in [6.07, 6.45) is 5.23. The van der Waals surface area contributed by atoms with Gasteiger partial charge in [-0.25, -0.2) is 5.43 Å². The summed E-state index contributed by atoms with van der Waals surface area (Å²) in [5.74, 6) is 1.92. The van der Waals surface area contributed by atoms with Crippen LogP contribution in [0.2, 0.25) is 10.0 Å². The van der Waals surface area contributed by atoms with Crippen molar-refractivity contribution < 1.29 is 4.79 Å². The van der Waals surface area contributed by atoms with E-state index >= 15 is 0 Å². The second kappa shape index (κ2) is 5.98. The molecular formula is C16H18Cl2N2O. The largest absolute Gasteiger partial charge is 0.271 e. The number of fused-ring (bicyclic) bond motifs is 2. The number of amides is 1. The molecule has 0 radical (unpaired) electrons. The predicted octanol–water partition coefficient (Wildman–Crippen LogP) is 4.54. The number of carbonyl (C=O) groups excluding carboxylic acids is 1. The fourth-order valence-corrected chi connectivity index (χ4v) is 3.98. The maximum atomic E-state index is 12.1. The Morgan fingerprint density at radius 2 is 2.05 bits per heavy atom. The Labute approximate surface area is 134 Å². The fourth-order valence-electron chi connectivity index (χ4n) is 3.68. The van der Waals surface area contributed by atoms with Gasteiger partial charge in [0.15, 0.2) is 0 Å². The molecule has 1 aromatic rings. The van der Waals surface area contributed by atoms with Gasteiger partial charge >= 0.3 is 0 Å². The van der Waals surface area contributed by atoms with E-state index < -0.39 is 0 Å². The van der Waals surface area contributed by atoms with Crippen LogP contribution in [0.5, 0.6) is 0 Å². The number of hydrogen-bond acceptors (Lipinski definition) is 2. The van der Waals surface area contributed by atoms with Crippen molar-refractivity contribution >= 4 is 34.8 Å². The summed E-state index contributed by atoms with van der Waals surface area (Å²) < 4.78 is 0. The molecule has 0 saturated heterocycles. The molecule has 21 heavy (non-hydrogen) atoms. The quantitative estimate of drug-likeness (QED) is 0.643. The second-order valence-electron chi connectivity index (χ2n) is 6.10. The summed E-state index contributed by atoms with van der Waals surface area (Å²) in [7, 11) is 0. The van der Waals surface area contributed by atoms with Crippen molar-refractivity contribution in [2.75, 3.05) is 0 Å². The molecule has 1 aromatic carbocycles. The van der Waals surface area contributed by atoms with Crippen LogP contribution in [0.1, 0.15) is 43.0 Å². The van der Waals surface area contributed by atoms with Crippen LogP contribution in [0.3, 0.4) is 0 Å². The van der Waals surface area contributed by atoms with Gasteiger partial charge in [0.2, 0.25) is 0 Å². The Hall–Kier alpha value is -1.06. The molecule has 3 atom stereocenters. The van der Waals surface area contributed by atoms with Gasteiger partial charge in [-0.15, -0.1) is 0 Å². The number of hydrogen-bond donors (Lipinski definition) is 1. The van der Waals surface area contributed by atoms with Gasteiger partial charge in [0.1, 0.15) is 0 Å². The summed E-state index contributed by atoms with van der Waals surface area (Å²) in [6, 6.07) is 4.82. The lowest BCUT2D eigenvalue weighted by Gasteiger charge is -2.21. The van der Waals surface area contributed by atoms with Crippen molar-refractivity contribution in [2.24, 2.45) is 22.9 Å². The Balaban J connectivity index is 1.64. The summed E-state index contributed by atoms with van der Waals surface area (Å²) in [4.78, 5) is 12.1. The minimum Gasteiger partial charge on any atom is -0.267 e. The van der Waals surface area contributed by atoms with Gasteiger partial charge < -0.3 is 0 Å². The highest BCUT2D eigenvalue weighted by Gasteiger charge is 2.40. The van der Waals surface area contributed by atoms with Crippen LogP contribution in [0.15, 0.2) is 23.3 Å². The lowest BCUT2D eigenvalue weighted by Crippen LogP contribution is -2.24. The lowest BCUT2D eigenvalue weighted by molar-refractivity contribution is 0.0954. The van der Waals surface area contributed by atoms with Crippen LogP contribution in [0.25, 0.3) is 0 Å². The third-order valence-electron chi connectivity index (χ3n) is 4.79. The van der Waals surface area contributed by atoms with Crippen LogP contribution in [-0.4, -0.2) is 11.6 Å². The average molecular weight is 325 g/mol. The fraction of sp³-hybridized carbons (Fsp3) is 0.500. The molecule has 0 unspecified atom stereocenters. The van der Waals surface area contributed by atoms with Crippen LogP contribution < -0.4 is 5.43 Å². The maximum Gasteiger partial charge on any atom is 0.271 e. The zero-order chi connectivity index (χ0) is 15.0. The van der Waals surface area contributed by atoms with E-state index in [9.17, 15) is 4.79 Å². The van der Waals surface area contributed by atoms with Crippen molar-refractivity contribution in [2.45, 2.75) is 32.6 Å². The van der Waals surface area contributed by atoms with E-state index in [1.54, 1.807) is 18.2 Å². The molecule has 0 aliphatic heterocycles. The van der Waals surface area contributed by atoms with Gasteiger partial charge in [0.25, 0.3) is 5.91 Å². The smallest absolute Gasteiger partial charge is 0.267 e. The van der Waals surface area contributed by atoms with Crippen molar-refractivity contribution in [1.29, 1.82) is 0 Å². The predicted molar refractivity (Wildman–Crippen MR) is 86.0 cm³/mol. The Morgan fingerprint density at radius 3 is 2.67 bits per heavy atom. The molecule has 0 aromatic heterocycles. The Morgan fingerprint density at radius 1 is 1.24 bits per heavy atom. The van der Waals surface area contributed by atoms with E-state index in [2.05, 4.69) is 10.5 Å². The van der Waals surface area contributed by atoms with Gasteiger partial charge in [0.05, 0.1) is 10.0 Å². The van der Waals surface area contributed by atoms with Gasteiger partial charge in [0, 0.05) is 17.2 Å². The SMILES string of the molecule is C/C(=N\NC(=O)c1ccc(Cl)c(Cl)c1)[C@H]1C[C@H]2CC[C@H]1C2. The molecule has 3 nitrogen and oxygen atoms in total. The topological polar surface area (TPSA) is 41.5 Å². The molecule has 3 rings (SSSR count). The first kappa shape index (κ1) is 14.9. The molecule has 0 heterocycles. The van der Waals surface area contributed by atoms with Crippen LogP contribution in [-0.2, 0) is 0 Å². The van der Waals surface area contributed by atoms with Crippen molar-refractivity contribution in [3.63, 3.8) is 0 Å². The van der Waals surface area contributed by atoms with E-state index in [4.69, 9.17) is 23.2 Å². The van der Waals surface area contributed by atoms with Gasteiger partial charge in [-0.05, 0) is 56.2 Å². The maximum absolute atomic E-state index is 12.1. The van der Waals surface area contributed by atoms with Crippen molar-refractivity contribution in [1.82, 2.24) is 5.43 Å². The Bertz CT molecular complexity index is 600. The van der Waals surface area contributed by atoms with E-state index in [1.807, 2.05) is 6.92 Å². The number of nitrogens with one attached hydrogen (secondary N) is 1. The van der Waals surface area contributed by atoms with Crippen molar-refractivity contribution in [3.05, 3.63) is 33.8 Å². The standard InChI is InChI=1S/C16H18Cl2N2O/c1-9(13-7-10-2-3-11(13)6-10)19-20-16(21)12-4-5-14(17)15(18)8-12/h4-5,8,10-11,13H,2-3,6-7H2,1H3,(H,20,21)/b19-9+/t10-,11-,13+/m0/s1.